The molecule has 0 aromatic heterocycles. The Bertz CT molecular complexity index is 231. The highest BCUT2D eigenvalue weighted by atomic mass is 16.8. The van der Waals surface area contributed by atoms with Gasteiger partial charge in [0.1, 0.15) is 12.7 Å². The molecule has 0 aromatic rings. The fraction of sp³-hybridized carbons (Fsp3) is 0.900. The molecule has 1 aliphatic heterocycles. The minimum Gasteiger partial charge on any atom is -0.430 e. The van der Waals surface area contributed by atoms with Crippen LogP contribution in [0.15, 0.2) is 0 Å². The summed E-state index contributed by atoms with van der Waals surface area (Å²) in [6.45, 7) is 2.05. The Labute approximate surface area is 99.2 Å². The molecule has 0 amide bonds. The molecule has 3 unspecified atom stereocenters. The van der Waals surface area contributed by atoms with Crippen molar-refractivity contribution in [2.45, 2.75) is 25.2 Å². The lowest BCUT2D eigenvalue weighted by atomic mass is 10.3. The molecule has 7 heteroatoms. The van der Waals surface area contributed by atoms with E-state index in [0.29, 0.717) is 0 Å². The Balaban J connectivity index is 2.11. The van der Waals surface area contributed by atoms with Gasteiger partial charge in [-0.15, -0.1) is 0 Å². The van der Waals surface area contributed by atoms with Crippen molar-refractivity contribution in [3.05, 3.63) is 0 Å². The van der Waals surface area contributed by atoms with E-state index >= 15 is 0 Å². The van der Waals surface area contributed by atoms with E-state index < -0.39 is 24.5 Å². The maximum absolute atomic E-state index is 10.6. The zero-order chi connectivity index (χ0) is 12.7. The Hall–Kier alpha value is -0.890. The first-order valence-corrected chi connectivity index (χ1v) is 5.43. The van der Waals surface area contributed by atoms with Gasteiger partial charge in [0.25, 0.3) is 0 Å². The minimum atomic E-state index is -0.704. The molecule has 1 rings (SSSR count). The standard InChI is InChI=1S/C10H18O7/c1-7(12)3-14-4-8(2-11)15-5-9-6-16-10(13)17-9/h7-9,11-12H,2-6H2,1H3. The van der Waals surface area contributed by atoms with E-state index in [4.69, 9.17) is 24.4 Å². The van der Waals surface area contributed by atoms with E-state index in [-0.39, 0.29) is 33.0 Å². The van der Waals surface area contributed by atoms with E-state index in [1.54, 1.807) is 6.92 Å². The van der Waals surface area contributed by atoms with Crippen LogP contribution in [0.1, 0.15) is 6.92 Å². The molecule has 100 valence electrons. The number of ether oxygens (including phenoxy) is 4. The number of rotatable bonds is 8. The summed E-state index contributed by atoms with van der Waals surface area (Å²) in [5.74, 6) is 0. The molecule has 0 radical (unpaired) electrons. The predicted molar refractivity (Wildman–Crippen MR) is 55.5 cm³/mol. The summed E-state index contributed by atoms with van der Waals surface area (Å²) in [6, 6.07) is 0. The van der Waals surface area contributed by atoms with Gasteiger partial charge in [-0.25, -0.2) is 4.79 Å². The van der Waals surface area contributed by atoms with Crippen molar-refractivity contribution >= 4 is 6.16 Å². The molecule has 1 aliphatic rings. The Morgan fingerprint density at radius 1 is 1.53 bits per heavy atom. The second-order valence-electron chi connectivity index (χ2n) is 3.83. The summed E-state index contributed by atoms with van der Waals surface area (Å²) >= 11 is 0. The molecule has 0 saturated carbocycles. The van der Waals surface area contributed by atoms with Gasteiger partial charge < -0.3 is 29.2 Å². The normalized spacial score (nSPS) is 23.0. The van der Waals surface area contributed by atoms with Crippen LogP contribution in [0.4, 0.5) is 4.79 Å². The van der Waals surface area contributed by atoms with Crippen LogP contribution in [0.3, 0.4) is 0 Å². The first-order chi connectivity index (χ1) is 8.11. The van der Waals surface area contributed by atoms with Crippen molar-refractivity contribution in [2.75, 3.05) is 33.0 Å². The topological polar surface area (TPSA) is 94.5 Å². The highest BCUT2D eigenvalue weighted by Gasteiger charge is 2.26. The van der Waals surface area contributed by atoms with E-state index in [1.165, 1.54) is 0 Å². The molecule has 7 nitrogen and oxygen atoms in total. The SMILES string of the molecule is CC(O)COCC(CO)OCC1COC(=O)O1. The van der Waals surface area contributed by atoms with E-state index in [2.05, 4.69) is 4.74 Å². The quantitative estimate of drug-likeness (QED) is 0.550. The summed E-state index contributed by atoms with van der Waals surface area (Å²) in [7, 11) is 0. The van der Waals surface area contributed by atoms with Crippen molar-refractivity contribution in [3.63, 3.8) is 0 Å². The van der Waals surface area contributed by atoms with E-state index in [9.17, 15) is 4.79 Å². The second kappa shape index (κ2) is 7.44. The third-order valence-corrected chi connectivity index (χ3v) is 2.03. The number of carbonyl (C=O) groups is 1. The van der Waals surface area contributed by atoms with Crippen LogP contribution in [0, 0.1) is 0 Å². The van der Waals surface area contributed by atoms with Crippen molar-refractivity contribution in [2.24, 2.45) is 0 Å². The lowest BCUT2D eigenvalue weighted by Gasteiger charge is -2.17. The number of cyclic esters (lactones) is 2. The zero-order valence-corrected chi connectivity index (χ0v) is 9.70. The van der Waals surface area contributed by atoms with Crippen molar-refractivity contribution in [1.29, 1.82) is 0 Å². The lowest BCUT2D eigenvalue weighted by Crippen LogP contribution is -2.30. The smallest absolute Gasteiger partial charge is 0.430 e. The first-order valence-electron chi connectivity index (χ1n) is 5.43. The fourth-order valence-corrected chi connectivity index (χ4v) is 1.21. The molecule has 2 N–H and O–H groups in total. The van der Waals surface area contributed by atoms with Gasteiger partial charge in [0, 0.05) is 0 Å². The van der Waals surface area contributed by atoms with E-state index in [0.717, 1.165) is 0 Å². The average molecular weight is 250 g/mol. The molecular formula is C10H18O7. The van der Waals surface area contributed by atoms with Gasteiger partial charge >= 0.3 is 6.16 Å². The van der Waals surface area contributed by atoms with Gasteiger partial charge in [-0.05, 0) is 6.92 Å². The number of hydrogen-bond donors (Lipinski definition) is 2. The Kier molecular flexibility index (Phi) is 6.20. The van der Waals surface area contributed by atoms with Gasteiger partial charge in [-0.1, -0.05) is 0 Å². The molecule has 3 atom stereocenters. The Morgan fingerprint density at radius 2 is 2.29 bits per heavy atom. The lowest BCUT2D eigenvalue weighted by molar-refractivity contribution is -0.0729. The molecule has 0 spiro atoms. The second-order valence-corrected chi connectivity index (χ2v) is 3.83. The average Bonchev–Trinajstić information content (AvgIpc) is 2.69. The van der Waals surface area contributed by atoms with Gasteiger partial charge in [-0.3, -0.25) is 0 Å². The van der Waals surface area contributed by atoms with Crippen LogP contribution in [-0.2, 0) is 18.9 Å². The molecule has 1 saturated heterocycles. The van der Waals surface area contributed by atoms with Crippen molar-refractivity contribution in [3.8, 4) is 0 Å². The first kappa shape index (κ1) is 14.2. The van der Waals surface area contributed by atoms with Gasteiger partial charge in [0.15, 0.2) is 6.10 Å². The van der Waals surface area contributed by atoms with Crippen molar-refractivity contribution in [1.82, 2.24) is 0 Å². The summed E-state index contributed by atoms with van der Waals surface area (Å²) in [4.78, 5) is 10.6. The van der Waals surface area contributed by atoms with Crippen LogP contribution in [-0.4, -0.2) is 67.7 Å². The summed E-state index contributed by atoms with van der Waals surface area (Å²) in [6.07, 6.45) is -2.20. The predicted octanol–water partition coefficient (Wildman–Crippen LogP) is -0.703. The monoisotopic (exact) mass is 250 g/mol. The molecule has 0 aromatic carbocycles. The minimum absolute atomic E-state index is 0.148. The van der Waals surface area contributed by atoms with Gasteiger partial charge in [0.2, 0.25) is 0 Å². The van der Waals surface area contributed by atoms with E-state index in [1.807, 2.05) is 0 Å². The van der Waals surface area contributed by atoms with Crippen LogP contribution < -0.4 is 0 Å². The van der Waals surface area contributed by atoms with Crippen molar-refractivity contribution < 1.29 is 34.0 Å². The number of aliphatic hydroxyl groups excluding tert-OH is 2. The third-order valence-electron chi connectivity index (χ3n) is 2.03. The Morgan fingerprint density at radius 3 is 2.82 bits per heavy atom. The molecule has 1 heterocycles. The number of carbonyl (C=O) groups excluding carboxylic acids is 1. The highest BCUT2D eigenvalue weighted by Crippen LogP contribution is 2.07. The summed E-state index contributed by atoms with van der Waals surface area (Å²) < 4.78 is 19.7. The maximum atomic E-state index is 10.6. The fourth-order valence-electron chi connectivity index (χ4n) is 1.21. The van der Waals surface area contributed by atoms with Gasteiger partial charge in [-0.2, -0.15) is 0 Å². The van der Waals surface area contributed by atoms with Crippen LogP contribution in [0.5, 0.6) is 0 Å². The van der Waals surface area contributed by atoms with Crippen LogP contribution in [0.2, 0.25) is 0 Å². The molecule has 17 heavy (non-hydrogen) atoms. The molecule has 1 fully saturated rings. The van der Waals surface area contributed by atoms with Gasteiger partial charge in [0.05, 0.1) is 32.5 Å². The highest BCUT2D eigenvalue weighted by molar-refractivity contribution is 5.61. The number of aliphatic hydroxyl groups is 2. The summed E-state index contributed by atoms with van der Waals surface area (Å²) in [5, 5.41) is 18.0. The molecule has 0 aliphatic carbocycles. The zero-order valence-electron chi connectivity index (χ0n) is 9.70. The van der Waals surface area contributed by atoms with Crippen LogP contribution >= 0.6 is 0 Å². The molecule has 0 bridgehead atoms. The largest absolute Gasteiger partial charge is 0.508 e. The molecular weight excluding hydrogens is 232 g/mol. The summed E-state index contributed by atoms with van der Waals surface area (Å²) in [5.41, 5.74) is 0. The van der Waals surface area contributed by atoms with Crippen LogP contribution in [0.25, 0.3) is 0 Å². The maximum Gasteiger partial charge on any atom is 0.508 e. The third kappa shape index (κ3) is 5.83. The number of hydrogen-bond acceptors (Lipinski definition) is 7.